The van der Waals surface area contributed by atoms with Crippen molar-refractivity contribution in [2.24, 2.45) is 5.10 Å². The van der Waals surface area contributed by atoms with Crippen LogP contribution in [-0.4, -0.2) is 26.6 Å². The molecule has 0 atom stereocenters. The molecule has 1 N–H and O–H groups in total. The molecule has 0 aliphatic carbocycles. The molecule has 6 nitrogen and oxygen atoms in total. The molecule has 0 unspecified atom stereocenters. The standard InChI is InChI=1S/C22H19Cl2N3O3S/c1-16(17-8-4-2-5-9-17)25-26-22(28)15-27(20-13-18(23)12-19(24)14-20)31(29,30)21-10-6-3-7-11-21/h2-14H,15H2,1H3,(H,26,28)/b25-16-. The summed E-state index contributed by atoms with van der Waals surface area (Å²) in [6.45, 7) is 1.23. The molecule has 0 fully saturated rings. The number of nitrogens with one attached hydrogen (secondary N) is 1. The number of hydrogen-bond donors (Lipinski definition) is 1. The second kappa shape index (κ2) is 9.96. The van der Waals surface area contributed by atoms with Gasteiger partial charge in [0.1, 0.15) is 6.54 Å². The highest BCUT2D eigenvalue weighted by molar-refractivity contribution is 7.92. The first-order chi connectivity index (χ1) is 14.8. The number of hydrogen-bond acceptors (Lipinski definition) is 4. The zero-order valence-corrected chi connectivity index (χ0v) is 18.8. The fourth-order valence-corrected chi connectivity index (χ4v) is 4.71. The summed E-state index contributed by atoms with van der Waals surface area (Å²) in [6.07, 6.45) is 0. The van der Waals surface area contributed by atoms with Gasteiger partial charge in [0, 0.05) is 10.0 Å². The topological polar surface area (TPSA) is 78.8 Å². The summed E-state index contributed by atoms with van der Waals surface area (Å²) in [7, 11) is -4.07. The van der Waals surface area contributed by atoms with E-state index in [2.05, 4.69) is 10.5 Å². The van der Waals surface area contributed by atoms with Crippen LogP contribution in [0.15, 0.2) is 88.9 Å². The number of sulfonamides is 1. The predicted molar refractivity (Wildman–Crippen MR) is 124 cm³/mol. The number of carbonyl (C=O) groups is 1. The number of rotatable bonds is 7. The number of nitrogens with zero attached hydrogens (tertiary/aromatic N) is 2. The lowest BCUT2D eigenvalue weighted by molar-refractivity contribution is -0.119. The Hall–Kier alpha value is -2.87. The predicted octanol–water partition coefficient (Wildman–Crippen LogP) is 4.73. The molecular formula is C22H19Cl2N3O3S. The van der Waals surface area contributed by atoms with E-state index in [1.54, 1.807) is 25.1 Å². The van der Waals surface area contributed by atoms with Crippen LogP contribution in [-0.2, 0) is 14.8 Å². The first-order valence-corrected chi connectivity index (χ1v) is 11.4. The Morgan fingerprint density at radius 3 is 2.06 bits per heavy atom. The van der Waals surface area contributed by atoms with Crippen LogP contribution in [0.25, 0.3) is 0 Å². The normalized spacial score (nSPS) is 11.8. The minimum Gasteiger partial charge on any atom is -0.271 e. The van der Waals surface area contributed by atoms with E-state index in [1.807, 2.05) is 30.3 Å². The van der Waals surface area contributed by atoms with E-state index in [1.165, 1.54) is 30.3 Å². The van der Waals surface area contributed by atoms with Crippen LogP contribution in [0.5, 0.6) is 0 Å². The third-order valence-electron chi connectivity index (χ3n) is 4.29. The van der Waals surface area contributed by atoms with Gasteiger partial charge < -0.3 is 0 Å². The Bertz CT molecular complexity index is 1180. The van der Waals surface area contributed by atoms with Gasteiger partial charge in [-0.1, -0.05) is 71.7 Å². The molecule has 0 aliphatic rings. The number of halogens is 2. The van der Waals surface area contributed by atoms with Crippen molar-refractivity contribution in [2.45, 2.75) is 11.8 Å². The Labute approximate surface area is 191 Å². The van der Waals surface area contributed by atoms with E-state index >= 15 is 0 Å². The molecule has 3 rings (SSSR count). The van der Waals surface area contributed by atoms with Crippen LogP contribution in [0.3, 0.4) is 0 Å². The first kappa shape index (κ1) is 22.8. The molecule has 160 valence electrons. The van der Waals surface area contributed by atoms with Gasteiger partial charge in [-0.25, -0.2) is 13.8 Å². The number of benzene rings is 3. The Balaban J connectivity index is 1.91. The lowest BCUT2D eigenvalue weighted by Crippen LogP contribution is -2.39. The Morgan fingerprint density at radius 1 is 0.935 bits per heavy atom. The second-order valence-electron chi connectivity index (χ2n) is 6.55. The van der Waals surface area contributed by atoms with Crippen molar-refractivity contribution in [3.8, 4) is 0 Å². The van der Waals surface area contributed by atoms with Crippen molar-refractivity contribution >= 4 is 50.5 Å². The lowest BCUT2D eigenvalue weighted by Gasteiger charge is -2.24. The maximum absolute atomic E-state index is 13.3. The summed E-state index contributed by atoms with van der Waals surface area (Å²) < 4.78 is 27.5. The van der Waals surface area contributed by atoms with Crippen molar-refractivity contribution in [3.05, 3.63) is 94.5 Å². The number of hydrazone groups is 1. The van der Waals surface area contributed by atoms with Crippen molar-refractivity contribution in [1.29, 1.82) is 0 Å². The van der Waals surface area contributed by atoms with Crippen LogP contribution < -0.4 is 9.73 Å². The number of amides is 1. The molecule has 0 aliphatic heterocycles. The van der Waals surface area contributed by atoms with Crippen LogP contribution >= 0.6 is 23.2 Å². The molecule has 9 heteroatoms. The lowest BCUT2D eigenvalue weighted by atomic mass is 10.1. The molecule has 0 aromatic heterocycles. The van der Waals surface area contributed by atoms with E-state index in [9.17, 15) is 13.2 Å². The first-order valence-electron chi connectivity index (χ1n) is 9.20. The smallest absolute Gasteiger partial charge is 0.264 e. The van der Waals surface area contributed by atoms with Crippen molar-refractivity contribution < 1.29 is 13.2 Å². The van der Waals surface area contributed by atoms with Gasteiger partial charge in [0.25, 0.3) is 15.9 Å². The van der Waals surface area contributed by atoms with E-state index in [-0.39, 0.29) is 20.6 Å². The third kappa shape index (κ3) is 5.85. The van der Waals surface area contributed by atoms with Gasteiger partial charge in [-0.3, -0.25) is 9.10 Å². The summed E-state index contributed by atoms with van der Waals surface area (Å²) in [5, 5.41) is 4.56. The average Bonchev–Trinajstić information content (AvgIpc) is 2.76. The van der Waals surface area contributed by atoms with Gasteiger partial charge in [0.2, 0.25) is 0 Å². The van der Waals surface area contributed by atoms with Crippen molar-refractivity contribution in [1.82, 2.24) is 5.43 Å². The third-order valence-corrected chi connectivity index (χ3v) is 6.52. The zero-order valence-electron chi connectivity index (χ0n) is 16.5. The maximum Gasteiger partial charge on any atom is 0.264 e. The number of anilines is 1. The Kier molecular flexibility index (Phi) is 7.33. The molecule has 0 bridgehead atoms. The summed E-state index contributed by atoms with van der Waals surface area (Å²) in [5.41, 5.74) is 3.99. The van der Waals surface area contributed by atoms with Crippen molar-refractivity contribution in [2.75, 3.05) is 10.8 Å². The minimum atomic E-state index is -4.07. The van der Waals surface area contributed by atoms with Gasteiger partial charge in [-0.2, -0.15) is 5.10 Å². The largest absolute Gasteiger partial charge is 0.271 e. The summed E-state index contributed by atoms with van der Waals surface area (Å²) in [4.78, 5) is 12.7. The summed E-state index contributed by atoms with van der Waals surface area (Å²) in [6, 6.07) is 21.4. The molecular weight excluding hydrogens is 457 g/mol. The molecule has 0 spiro atoms. The highest BCUT2D eigenvalue weighted by Crippen LogP contribution is 2.29. The van der Waals surface area contributed by atoms with E-state index in [4.69, 9.17) is 23.2 Å². The van der Waals surface area contributed by atoms with E-state index in [0.717, 1.165) is 9.87 Å². The monoisotopic (exact) mass is 475 g/mol. The minimum absolute atomic E-state index is 0.0304. The highest BCUT2D eigenvalue weighted by atomic mass is 35.5. The molecule has 0 radical (unpaired) electrons. The zero-order chi connectivity index (χ0) is 22.4. The van der Waals surface area contributed by atoms with E-state index in [0.29, 0.717) is 5.71 Å². The highest BCUT2D eigenvalue weighted by Gasteiger charge is 2.27. The molecule has 0 heterocycles. The Morgan fingerprint density at radius 2 is 1.48 bits per heavy atom. The van der Waals surface area contributed by atoms with E-state index < -0.39 is 22.5 Å². The quantitative estimate of drug-likeness (QED) is 0.396. The molecule has 0 saturated carbocycles. The summed E-state index contributed by atoms with van der Waals surface area (Å²) in [5.74, 6) is -0.620. The maximum atomic E-state index is 13.3. The van der Waals surface area contributed by atoms with Gasteiger partial charge >= 0.3 is 0 Å². The SMILES string of the molecule is C/C(=N/NC(=O)CN(c1cc(Cl)cc(Cl)c1)S(=O)(=O)c1ccccc1)c1ccccc1. The fraction of sp³-hybridized carbons (Fsp3) is 0.0909. The van der Waals surface area contributed by atoms with Gasteiger partial charge in [-0.15, -0.1) is 0 Å². The average molecular weight is 476 g/mol. The van der Waals surface area contributed by atoms with Gasteiger partial charge in [-0.05, 0) is 42.8 Å². The van der Waals surface area contributed by atoms with Crippen LogP contribution in [0.4, 0.5) is 5.69 Å². The van der Waals surface area contributed by atoms with Gasteiger partial charge in [0.05, 0.1) is 16.3 Å². The molecule has 0 saturated heterocycles. The van der Waals surface area contributed by atoms with Crippen LogP contribution in [0, 0.1) is 0 Å². The fourth-order valence-electron chi connectivity index (χ4n) is 2.77. The second-order valence-corrected chi connectivity index (χ2v) is 9.29. The van der Waals surface area contributed by atoms with Gasteiger partial charge in [0.15, 0.2) is 0 Å². The van der Waals surface area contributed by atoms with Crippen LogP contribution in [0.2, 0.25) is 10.0 Å². The van der Waals surface area contributed by atoms with Crippen LogP contribution in [0.1, 0.15) is 12.5 Å². The molecule has 31 heavy (non-hydrogen) atoms. The molecule has 3 aromatic carbocycles. The molecule has 3 aromatic rings. The molecule has 1 amide bonds. The van der Waals surface area contributed by atoms with Crippen molar-refractivity contribution in [3.63, 3.8) is 0 Å². The summed E-state index contributed by atoms with van der Waals surface area (Å²) >= 11 is 12.1. The number of carbonyl (C=O) groups excluding carboxylic acids is 1.